The van der Waals surface area contributed by atoms with E-state index < -0.39 is 95.0 Å². The largest absolute Gasteiger partial charge is 0.481 e. The highest BCUT2D eigenvalue weighted by Gasteiger charge is 2.35. The van der Waals surface area contributed by atoms with E-state index in [0.717, 1.165) is 27.5 Å². The molecule has 1 aliphatic heterocycles. The van der Waals surface area contributed by atoms with E-state index in [1.807, 2.05) is 0 Å². The Kier molecular flexibility index (Phi) is 11.1. The molecule has 0 saturated carbocycles. The van der Waals surface area contributed by atoms with Gasteiger partial charge in [-0.2, -0.15) is 0 Å². The number of anilines is 1. The van der Waals surface area contributed by atoms with E-state index in [9.17, 15) is 37.5 Å². The van der Waals surface area contributed by atoms with Gasteiger partial charge in [0.15, 0.2) is 0 Å². The third kappa shape index (κ3) is 8.14. The number of carbonyl (C=O) groups excluding carboxylic acids is 3. The molecule has 52 heavy (non-hydrogen) atoms. The molecule has 0 radical (unpaired) electrons. The zero-order chi connectivity index (χ0) is 37.9. The summed E-state index contributed by atoms with van der Waals surface area (Å²) in [5, 5.41) is 12.0. The van der Waals surface area contributed by atoms with Crippen LogP contribution < -0.4 is 15.0 Å². The number of aliphatic carboxylic acids is 1. The van der Waals surface area contributed by atoms with E-state index in [0.29, 0.717) is 17.7 Å². The van der Waals surface area contributed by atoms with Crippen LogP contribution in [0.5, 0.6) is 5.75 Å². The number of fused-ring (bicyclic) bond motifs is 1. The van der Waals surface area contributed by atoms with Crippen LogP contribution in [0.3, 0.4) is 0 Å². The first-order valence-electron chi connectivity index (χ1n) is 15.9. The average Bonchev–Trinajstić information content (AvgIpc) is 3.09. The zero-order valence-electron chi connectivity index (χ0n) is 28.1. The second-order valence-electron chi connectivity index (χ2n) is 12.3. The van der Waals surface area contributed by atoms with E-state index in [2.05, 4.69) is 5.32 Å². The van der Waals surface area contributed by atoms with Crippen molar-refractivity contribution in [2.75, 3.05) is 25.5 Å². The summed E-state index contributed by atoms with van der Waals surface area (Å²) in [5.74, 6) is -9.28. The first-order valence-corrected chi connectivity index (χ1v) is 15.9. The molecule has 0 bridgehead atoms. The quantitative estimate of drug-likeness (QED) is 0.164. The number of rotatable bonds is 11. The number of ether oxygens (including phenoxy) is 1. The molecule has 10 nitrogen and oxygen atoms in total. The van der Waals surface area contributed by atoms with Gasteiger partial charge in [0.1, 0.15) is 34.8 Å². The Balaban J connectivity index is 1.32. The maximum Gasteiger partial charge on any atom is 0.414 e. The van der Waals surface area contributed by atoms with E-state index >= 15 is 8.78 Å². The molecule has 4 aromatic carbocycles. The Morgan fingerprint density at radius 2 is 1.52 bits per heavy atom. The van der Waals surface area contributed by atoms with Crippen LogP contribution in [0, 0.1) is 35.0 Å². The fourth-order valence-corrected chi connectivity index (χ4v) is 5.76. The molecule has 15 heteroatoms. The Morgan fingerprint density at radius 3 is 2.13 bits per heavy atom. The maximum absolute atomic E-state index is 15.5. The van der Waals surface area contributed by atoms with Gasteiger partial charge >= 0.3 is 18.1 Å². The van der Waals surface area contributed by atoms with E-state index in [1.165, 1.54) is 37.2 Å². The number of halogens is 5. The number of urea groups is 1. The second-order valence-corrected chi connectivity index (χ2v) is 12.3. The molecule has 1 unspecified atom stereocenters. The lowest BCUT2D eigenvalue weighted by Gasteiger charge is -2.39. The number of hydrogen-bond acceptors (Lipinski definition) is 5. The highest BCUT2D eigenvalue weighted by atomic mass is 19.2. The number of carboxylic acid groups (broad SMARTS) is 1. The molecule has 0 fully saturated rings. The number of nitrogens with one attached hydrogen (secondary N) is 1. The standard InChI is InChI=1S/C37H33F5N4O6/c1-20-26-10-9-22(34(47)43-17-27-29(39)13-24(38)14-30(27)40)12-33(26)46(36(50)45(20)3)19-28-31(41)15-25(16-32(28)42)52-37(51)44(2)18-23(35(48)49)11-21-7-5-4-6-8-21/h4-10,12-16,20,23H,11,17-19H2,1-3H3,(H,43,47)(H,48,49)/t20?,23-/m0/s1. The van der Waals surface area contributed by atoms with Gasteiger partial charge in [0.05, 0.1) is 24.2 Å². The van der Waals surface area contributed by atoms with Crippen LogP contribution in [0.15, 0.2) is 72.8 Å². The van der Waals surface area contributed by atoms with Crippen molar-refractivity contribution in [2.24, 2.45) is 5.92 Å². The lowest BCUT2D eigenvalue weighted by molar-refractivity contribution is -0.142. The molecule has 0 saturated heterocycles. The van der Waals surface area contributed by atoms with Crippen molar-refractivity contribution in [3.8, 4) is 5.75 Å². The van der Waals surface area contributed by atoms with Crippen LogP contribution in [0.25, 0.3) is 0 Å². The average molecular weight is 725 g/mol. The molecule has 4 aromatic rings. The van der Waals surface area contributed by atoms with E-state index in [-0.39, 0.29) is 24.2 Å². The fourth-order valence-electron chi connectivity index (χ4n) is 5.76. The molecule has 2 atom stereocenters. The summed E-state index contributed by atoms with van der Waals surface area (Å²) in [4.78, 5) is 54.4. The Bertz CT molecular complexity index is 1990. The summed E-state index contributed by atoms with van der Waals surface area (Å²) in [6.07, 6.45) is -0.933. The van der Waals surface area contributed by atoms with Crippen molar-refractivity contribution in [1.29, 1.82) is 0 Å². The Morgan fingerprint density at radius 1 is 0.904 bits per heavy atom. The normalized spacial score (nSPS) is 14.5. The third-order valence-corrected chi connectivity index (χ3v) is 8.79. The second kappa shape index (κ2) is 15.5. The van der Waals surface area contributed by atoms with Crippen LogP contribution in [0.4, 0.5) is 37.2 Å². The van der Waals surface area contributed by atoms with Gasteiger partial charge in [-0.05, 0) is 36.6 Å². The minimum Gasteiger partial charge on any atom is -0.481 e. The minimum atomic E-state index is -1.20. The lowest BCUT2D eigenvalue weighted by Crippen LogP contribution is -2.47. The van der Waals surface area contributed by atoms with Crippen LogP contribution in [0.1, 0.15) is 45.6 Å². The molecule has 5 rings (SSSR count). The van der Waals surface area contributed by atoms with Crippen LogP contribution in [-0.2, 0) is 24.3 Å². The molecule has 0 aromatic heterocycles. The number of carboxylic acids is 1. The van der Waals surface area contributed by atoms with Gasteiger partial charge in [-0.1, -0.05) is 36.4 Å². The van der Waals surface area contributed by atoms with Gasteiger partial charge in [0, 0.05) is 68.1 Å². The molecule has 1 heterocycles. The number of hydrogen-bond donors (Lipinski definition) is 2. The minimum absolute atomic E-state index is 0.0440. The topological polar surface area (TPSA) is 119 Å². The summed E-state index contributed by atoms with van der Waals surface area (Å²) in [6, 6.07) is 14.3. The summed E-state index contributed by atoms with van der Waals surface area (Å²) < 4.78 is 77.6. The Hall–Kier alpha value is -5.99. The molecule has 1 aliphatic rings. The van der Waals surface area contributed by atoms with Crippen molar-refractivity contribution < 1.29 is 51.0 Å². The smallest absolute Gasteiger partial charge is 0.414 e. The van der Waals surface area contributed by atoms with Crippen molar-refractivity contribution >= 4 is 29.7 Å². The first-order chi connectivity index (χ1) is 24.6. The fraction of sp³-hybridized carbons (Fsp3) is 0.243. The van der Waals surface area contributed by atoms with E-state index in [4.69, 9.17) is 4.74 Å². The monoisotopic (exact) mass is 724 g/mol. The summed E-state index contributed by atoms with van der Waals surface area (Å²) in [7, 11) is 2.77. The predicted molar refractivity (Wildman–Crippen MR) is 178 cm³/mol. The van der Waals surface area contributed by atoms with Gasteiger partial charge in [0.25, 0.3) is 5.91 Å². The van der Waals surface area contributed by atoms with Crippen LogP contribution in [0.2, 0.25) is 0 Å². The highest BCUT2D eigenvalue weighted by molar-refractivity contribution is 5.99. The molecule has 272 valence electrons. The van der Waals surface area contributed by atoms with Gasteiger partial charge in [-0.15, -0.1) is 0 Å². The number of amides is 4. The van der Waals surface area contributed by atoms with E-state index in [1.54, 1.807) is 37.3 Å². The van der Waals surface area contributed by atoms with Gasteiger partial charge in [-0.25, -0.2) is 31.5 Å². The van der Waals surface area contributed by atoms with Crippen molar-refractivity contribution in [3.05, 3.63) is 130 Å². The number of carbonyl (C=O) groups is 4. The maximum atomic E-state index is 15.5. The zero-order valence-corrected chi connectivity index (χ0v) is 28.1. The molecule has 4 amide bonds. The molecule has 2 N–H and O–H groups in total. The third-order valence-electron chi connectivity index (χ3n) is 8.79. The number of nitrogens with zero attached hydrogens (tertiary/aromatic N) is 3. The van der Waals surface area contributed by atoms with Crippen molar-refractivity contribution in [2.45, 2.75) is 32.5 Å². The molecule has 0 aliphatic carbocycles. The van der Waals surface area contributed by atoms with Crippen molar-refractivity contribution in [1.82, 2.24) is 15.1 Å². The lowest BCUT2D eigenvalue weighted by atomic mass is 9.98. The molecular formula is C37H33F5N4O6. The van der Waals surface area contributed by atoms with Gasteiger partial charge in [0.2, 0.25) is 0 Å². The first kappa shape index (κ1) is 37.3. The summed E-state index contributed by atoms with van der Waals surface area (Å²) in [6.45, 7) is 0.183. The summed E-state index contributed by atoms with van der Waals surface area (Å²) >= 11 is 0. The number of benzene rings is 4. The summed E-state index contributed by atoms with van der Waals surface area (Å²) in [5.41, 5.74) is 0.219. The predicted octanol–water partition coefficient (Wildman–Crippen LogP) is 6.82. The van der Waals surface area contributed by atoms with Gasteiger partial charge < -0.3 is 25.0 Å². The highest BCUT2D eigenvalue weighted by Crippen LogP contribution is 2.38. The molecular weight excluding hydrogens is 691 g/mol. The van der Waals surface area contributed by atoms with Crippen LogP contribution in [-0.4, -0.2) is 59.5 Å². The van der Waals surface area contributed by atoms with Gasteiger partial charge in [-0.3, -0.25) is 14.5 Å². The SMILES string of the molecule is CC1c2ccc(C(=O)NCc3c(F)cc(F)cc3F)cc2N(Cc2c(F)cc(OC(=O)N(C)C[C@H](Cc3ccccc3)C(=O)O)cc2F)C(=O)N1C. The van der Waals surface area contributed by atoms with Crippen LogP contribution >= 0.6 is 0 Å². The Labute approximate surface area is 295 Å². The molecule has 0 spiro atoms. The van der Waals surface area contributed by atoms with Crippen molar-refractivity contribution in [3.63, 3.8) is 0 Å².